The normalized spacial score (nSPS) is 21.6. The van der Waals surface area contributed by atoms with Crippen molar-refractivity contribution in [1.29, 1.82) is 0 Å². The van der Waals surface area contributed by atoms with E-state index in [1.54, 1.807) is 30.1 Å². The van der Waals surface area contributed by atoms with E-state index < -0.39 is 0 Å². The number of carbonyl (C=O) groups is 2. The Labute approximate surface area is 165 Å². The number of amides is 2. The number of nitrogens with zero attached hydrogens (tertiary/aromatic N) is 2. The third kappa shape index (κ3) is 4.90. The first-order valence-electron chi connectivity index (χ1n) is 8.98. The number of para-hydroxylation sites is 1. The predicted octanol–water partition coefficient (Wildman–Crippen LogP) is 4.04. The Morgan fingerprint density at radius 1 is 1.23 bits per heavy atom. The summed E-state index contributed by atoms with van der Waals surface area (Å²) < 4.78 is 0. The highest BCUT2D eigenvalue weighted by Gasteiger charge is 2.33. The largest absolute Gasteiger partial charge is 0.336 e. The van der Waals surface area contributed by atoms with E-state index in [1.165, 1.54) is 0 Å². The van der Waals surface area contributed by atoms with Gasteiger partial charge in [0.05, 0.1) is 28.3 Å². The number of anilines is 1. The first kappa shape index (κ1) is 21.0. The minimum Gasteiger partial charge on any atom is -0.336 e. The number of likely N-dealkylation sites (tertiary alicyclic amines) is 1. The molecule has 26 heavy (non-hydrogen) atoms. The van der Waals surface area contributed by atoms with Crippen LogP contribution in [0.3, 0.4) is 0 Å². The van der Waals surface area contributed by atoms with Crippen LogP contribution >= 0.6 is 23.2 Å². The van der Waals surface area contributed by atoms with Crippen molar-refractivity contribution < 1.29 is 9.59 Å². The first-order valence-corrected chi connectivity index (χ1v) is 9.74. The summed E-state index contributed by atoms with van der Waals surface area (Å²) in [4.78, 5) is 29.0. The van der Waals surface area contributed by atoms with Crippen molar-refractivity contribution in [1.82, 2.24) is 9.80 Å². The second-order valence-corrected chi connectivity index (χ2v) is 7.92. The van der Waals surface area contributed by atoms with Gasteiger partial charge < -0.3 is 10.2 Å². The Bertz CT molecular complexity index is 638. The van der Waals surface area contributed by atoms with Gasteiger partial charge in [-0.1, -0.05) is 29.3 Å². The van der Waals surface area contributed by atoms with Crippen LogP contribution in [0.25, 0.3) is 0 Å². The smallest absolute Gasteiger partial charge is 0.240 e. The predicted molar refractivity (Wildman–Crippen MR) is 107 cm³/mol. The average molecular weight is 400 g/mol. The van der Waals surface area contributed by atoms with Crippen LogP contribution in [0.5, 0.6) is 0 Å². The van der Waals surface area contributed by atoms with Gasteiger partial charge in [-0.25, -0.2) is 0 Å². The molecule has 144 valence electrons. The van der Waals surface area contributed by atoms with E-state index >= 15 is 0 Å². The summed E-state index contributed by atoms with van der Waals surface area (Å²) in [5.74, 6) is -0.197. The minimum absolute atomic E-state index is 0.0655. The molecule has 5 nitrogen and oxygen atoms in total. The molecule has 0 bridgehead atoms. The summed E-state index contributed by atoms with van der Waals surface area (Å²) in [6.07, 6.45) is 3.20. The fourth-order valence-electron chi connectivity index (χ4n) is 3.42. The van der Waals surface area contributed by atoms with Crippen LogP contribution in [0, 0.1) is 0 Å². The van der Waals surface area contributed by atoms with E-state index in [2.05, 4.69) is 19.2 Å². The molecule has 0 aliphatic carbocycles. The van der Waals surface area contributed by atoms with Gasteiger partial charge in [-0.05, 0) is 59.2 Å². The number of carbonyl (C=O) groups excluding carboxylic acids is 2. The van der Waals surface area contributed by atoms with Crippen LogP contribution in [0.1, 0.15) is 40.0 Å². The molecule has 0 unspecified atom stereocenters. The maximum absolute atomic E-state index is 12.9. The molecule has 2 amide bonds. The van der Waals surface area contributed by atoms with Gasteiger partial charge in [-0.3, -0.25) is 14.5 Å². The SMILES string of the molecule is C[C@H](C(=O)N1[C@@H](C)CCC[C@@H]1C)N(C)CC(=O)Nc1c(Cl)cccc1Cl. The van der Waals surface area contributed by atoms with E-state index in [0.29, 0.717) is 15.7 Å². The van der Waals surface area contributed by atoms with Gasteiger partial charge in [0.15, 0.2) is 0 Å². The minimum atomic E-state index is -0.384. The molecular formula is C19H27Cl2N3O2. The monoisotopic (exact) mass is 399 g/mol. The van der Waals surface area contributed by atoms with Crippen LogP contribution in [-0.4, -0.2) is 53.3 Å². The average Bonchev–Trinajstić information content (AvgIpc) is 2.57. The second kappa shape index (κ2) is 9.07. The summed E-state index contributed by atoms with van der Waals surface area (Å²) in [6.45, 7) is 6.09. The molecule has 1 heterocycles. The lowest BCUT2D eigenvalue weighted by molar-refractivity contribution is -0.142. The molecule has 0 saturated carbocycles. The zero-order chi connectivity index (χ0) is 19.4. The fraction of sp³-hybridized carbons (Fsp3) is 0.579. The number of hydrogen-bond acceptors (Lipinski definition) is 3. The molecule has 1 fully saturated rings. The third-order valence-corrected chi connectivity index (χ3v) is 5.72. The molecular weight excluding hydrogens is 373 g/mol. The van der Waals surface area contributed by atoms with Crippen molar-refractivity contribution in [3.05, 3.63) is 28.2 Å². The molecule has 0 spiro atoms. The van der Waals surface area contributed by atoms with E-state index in [1.807, 2.05) is 11.8 Å². The molecule has 1 saturated heterocycles. The molecule has 1 aliphatic heterocycles. The van der Waals surface area contributed by atoms with Gasteiger partial charge in [0.2, 0.25) is 11.8 Å². The molecule has 2 rings (SSSR count). The summed E-state index contributed by atoms with van der Waals surface area (Å²) in [7, 11) is 1.77. The van der Waals surface area contributed by atoms with Crippen molar-refractivity contribution in [2.24, 2.45) is 0 Å². The van der Waals surface area contributed by atoms with Crippen molar-refractivity contribution in [3.63, 3.8) is 0 Å². The summed E-state index contributed by atoms with van der Waals surface area (Å²) in [6, 6.07) is 5.13. The van der Waals surface area contributed by atoms with Crippen LogP contribution < -0.4 is 5.32 Å². The van der Waals surface area contributed by atoms with Crippen molar-refractivity contribution >= 4 is 40.7 Å². The van der Waals surface area contributed by atoms with Crippen LogP contribution in [0.2, 0.25) is 10.0 Å². The Balaban J connectivity index is 1.98. The van der Waals surface area contributed by atoms with Gasteiger partial charge >= 0.3 is 0 Å². The molecule has 3 atom stereocenters. The maximum Gasteiger partial charge on any atom is 0.240 e. The zero-order valence-corrected chi connectivity index (χ0v) is 17.3. The Kier molecular flexibility index (Phi) is 7.33. The Hall–Kier alpha value is -1.30. The zero-order valence-electron chi connectivity index (χ0n) is 15.8. The lowest BCUT2D eigenvalue weighted by Gasteiger charge is -2.41. The molecule has 1 N–H and O–H groups in total. The Morgan fingerprint density at radius 3 is 2.31 bits per heavy atom. The van der Waals surface area contributed by atoms with Gasteiger partial charge in [0, 0.05) is 12.1 Å². The molecule has 1 aromatic carbocycles. The van der Waals surface area contributed by atoms with Crippen molar-refractivity contribution in [2.75, 3.05) is 18.9 Å². The number of nitrogens with one attached hydrogen (secondary N) is 1. The van der Waals surface area contributed by atoms with E-state index in [9.17, 15) is 9.59 Å². The second-order valence-electron chi connectivity index (χ2n) is 7.11. The van der Waals surface area contributed by atoms with Gasteiger partial charge in [0.1, 0.15) is 0 Å². The lowest BCUT2D eigenvalue weighted by Crippen LogP contribution is -2.54. The van der Waals surface area contributed by atoms with Crippen molar-refractivity contribution in [2.45, 2.75) is 58.2 Å². The lowest BCUT2D eigenvalue weighted by atomic mass is 9.96. The third-order valence-electron chi connectivity index (χ3n) is 5.09. The van der Waals surface area contributed by atoms with Crippen molar-refractivity contribution in [3.8, 4) is 0 Å². The van der Waals surface area contributed by atoms with Crippen LogP contribution in [0.15, 0.2) is 18.2 Å². The highest BCUT2D eigenvalue weighted by molar-refractivity contribution is 6.39. The number of halogens is 2. The van der Waals surface area contributed by atoms with Crippen LogP contribution in [-0.2, 0) is 9.59 Å². The Morgan fingerprint density at radius 2 is 1.77 bits per heavy atom. The number of hydrogen-bond donors (Lipinski definition) is 1. The van der Waals surface area contributed by atoms with E-state index in [-0.39, 0.29) is 36.5 Å². The standard InChI is InChI=1S/C19H27Cl2N3O2/c1-12-7-5-8-13(2)24(12)19(26)14(3)23(4)11-17(25)22-18-15(20)9-6-10-16(18)21/h6,9-10,12-14H,5,7-8,11H2,1-4H3,(H,22,25)/t12-,13-,14+/m0/s1. The number of piperidine rings is 1. The summed E-state index contributed by atoms with van der Waals surface area (Å²) in [5.41, 5.74) is 0.395. The number of likely N-dealkylation sites (N-methyl/N-ethyl adjacent to an activating group) is 1. The quantitative estimate of drug-likeness (QED) is 0.812. The maximum atomic E-state index is 12.9. The highest BCUT2D eigenvalue weighted by Crippen LogP contribution is 2.29. The molecule has 0 aromatic heterocycles. The van der Waals surface area contributed by atoms with Gasteiger partial charge in [-0.15, -0.1) is 0 Å². The highest BCUT2D eigenvalue weighted by atomic mass is 35.5. The summed E-state index contributed by atoms with van der Waals surface area (Å²) in [5, 5.41) is 3.50. The van der Waals surface area contributed by atoms with E-state index in [4.69, 9.17) is 23.2 Å². The van der Waals surface area contributed by atoms with Gasteiger partial charge in [-0.2, -0.15) is 0 Å². The summed E-state index contributed by atoms with van der Waals surface area (Å²) >= 11 is 12.2. The van der Waals surface area contributed by atoms with Crippen LogP contribution in [0.4, 0.5) is 5.69 Å². The number of benzene rings is 1. The molecule has 0 radical (unpaired) electrons. The van der Waals surface area contributed by atoms with Gasteiger partial charge in [0.25, 0.3) is 0 Å². The fourth-order valence-corrected chi connectivity index (χ4v) is 3.91. The molecule has 1 aliphatic rings. The van der Waals surface area contributed by atoms with E-state index in [0.717, 1.165) is 19.3 Å². The topological polar surface area (TPSA) is 52.7 Å². The molecule has 7 heteroatoms. The molecule has 1 aromatic rings. The number of rotatable bonds is 5. The first-order chi connectivity index (χ1) is 12.2.